The highest BCUT2D eigenvalue weighted by Crippen LogP contribution is 2.25. The molecule has 1 aromatic heterocycles. The van der Waals surface area contributed by atoms with E-state index in [1.54, 1.807) is 0 Å². The first kappa shape index (κ1) is 17.5. The number of aliphatic imine (C=N–C) groups is 1. The normalized spacial score (nSPS) is 18.4. The average Bonchev–Trinajstić information content (AvgIpc) is 3.04. The molecule has 0 amide bonds. The summed E-state index contributed by atoms with van der Waals surface area (Å²) in [4.78, 5) is 7.15. The van der Waals surface area contributed by atoms with Crippen LogP contribution in [0.25, 0.3) is 0 Å². The molecule has 0 radical (unpaired) electrons. The minimum Gasteiger partial charge on any atom is -0.370 e. The number of benzene rings is 1. The zero-order valence-electron chi connectivity index (χ0n) is 15.4. The van der Waals surface area contributed by atoms with Crippen molar-refractivity contribution in [2.45, 2.75) is 26.5 Å². The van der Waals surface area contributed by atoms with Crippen molar-refractivity contribution in [3.8, 4) is 0 Å². The molecule has 1 atom stereocenters. The third-order valence-corrected chi connectivity index (χ3v) is 4.54. The number of guanidine groups is 1. The van der Waals surface area contributed by atoms with E-state index in [4.69, 9.17) is 9.73 Å². The van der Waals surface area contributed by atoms with Gasteiger partial charge in [-0.05, 0) is 36.6 Å². The Morgan fingerprint density at radius 2 is 2.16 bits per heavy atom. The lowest BCUT2D eigenvalue weighted by Crippen LogP contribution is -2.48. The maximum absolute atomic E-state index is 6.04. The summed E-state index contributed by atoms with van der Waals surface area (Å²) in [6.07, 6.45) is 4.26. The number of aromatic nitrogens is 1. The molecule has 1 saturated heterocycles. The van der Waals surface area contributed by atoms with Crippen LogP contribution < -0.4 is 5.32 Å². The lowest BCUT2D eigenvalue weighted by Gasteiger charge is -2.35. The van der Waals surface area contributed by atoms with Crippen molar-refractivity contribution in [3.05, 3.63) is 59.4 Å². The molecule has 0 saturated carbocycles. The molecule has 5 nitrogen and oxygen atoms in total. The van der Waals surface area contributed by atoms with Crippen molar-refractivity contribution >= 4 is 5.96 Å². The van der Waals surface area contributed by atoms with Crippen molar-refractivity contribution in [2.75, 3.05) is 26.2 Å². The fraction of sp³-hybridized carbons (Fsp3) is 0.450. The van der Waals surface area contributed by atoms with Gasteiger partial charge in [-0.15, -0.1) is 0 Å². The summed E-state index contributed by atoms with van der Waals surface area (Å²) in [7, 11) is 2.03. The fourth-order valence-electron chi connectivity index (χ4n) is 3.22. The highest BCUT2D eigenvalue weighted by molar-refractivity contribution is 5.80. The van der Waals surface area contributed by atoms with Crippen LogP contribution in [0.1, 0.15) is 29.7 Å². The van der Waals surface area contributed by atoms with Gasteiger partial charge in [0.2, 0.25) is 0 Å². The van der Waals surface area contributed by atoms with Crippen LogP contribution in [0.2, 0.25) is 0 Å². The van der Waals surface area contributed by atoms with Crippen LogP contribution in [-0.4, -0.2) is 41.7 Å². The second-order valence-electron chi connectivity index (χ2n) is 6.52. The summed E-state index contributed by atoms with van der Waals surface area (Å²) < 4.78 is 8.10. The number of hydrogen-bond acceptors (Lipinski definition) is 2. The summed E-state index contributed by atoms with van der Waals surface area (Å²) >= 11 is 0. The van der Waals surface area contributed by atoms with E-state index in [-0.39, 0.29) is 6.10 Å². The first-order valence-corrected chi connectivity index (χ1v) is 8.98. The van der Waals surface area contributed by atoms with Crippen molar-refractivity contribution in [1.29, 1.82) is 0 Å². The minimum atomic E-state index is 0.0931. The number of hydrogen-bond donors (Lipinski definition) is 1. The van der Waals surface area contributed by atoms with Gasteiger partial charge in [-0.25, -0.2) is 4.99 Å². The van der Waals surface area contributed by atoms with Gasteiger partial charge < -0.3 is 19.5 Å². The van der Waals surface area contributed by atoms with Gasteiger partial charge in [-0.3, -0.25) is 0 Å². The number of morpholine rings is 1. The Hall–Kier alpha value is -2.27. The Morgan fingerprint density at radius 1 is 1.32 bits per heavy atom. The predicted molar refractivity (Wildman–Crippen MR) is 102 cm³/mol. The molecule has 1 fully saturated rings. The van der Waals surface area contributed by atoms with Crippen LogP contribution >= 0.6 is 0 Å². The second-order valence-corrected chi connectivity index (χ2v) is 6.52. The molecule has 3 rings (SSSR count). The van der Waals surface area contributed by atoms with Gasteiger partial charge in [0, 0.05) is 32.5 Å². The zero-order chi connectivity index (χ0) is 17.6. The zero-order valence-corrected chi connectivity index (χ0v) is 15.4. The van der Waals surface area contributed by atoms with Gasteiger partial charge in [0.1, 0.15) is 6.10 Å². The summed E-state index contributed by atoms with van der Waals surface area (Å²) in [6, 6.07) is 10.6. The molecule has 1 aromatic carbocycles. The van der Waals surface area contributed by atoms with E-state index in [2.05, 4.69) is 71.4 Å². The lowest BCUT2D eigenvalue weighted by atomic mass is 10.0. The van der Waals surface area contributed by atoms with E-state index < -0.39 is 0 Å². The Morgan fingerprint density at radius 3 is 2.88 bits per heavy atom. The molecule has 1 unspecified atom stereocenters. The van der Waals surface area contributed by atoms with E-state index >= 15 is 0 Å². The largest absolute Gasteiger partial charge is 0.370 e. The summed E-state index contributed by atoms with van der Waals surface area (Å²) in [5.74, 6) is 0.966. The van der Waals surface area contributed by atoms with Gasteiger partial charge in [0.25, 0.3) is 0 Å². The number of aryl methyl sites for hydroxylation is 2. The van der Waals surface area contributed by atoms with E-state index in [9.17, 15) is 0 Å². The molecule has 0 spiro atoms. The highest BCUT2D eigenvalue weighted by atomic mass is 16.5. The van der Waals surface area contributed by atoms with Gasteiger partial charge in [0.15, 0.2) is 5.96 Å². The molecular formula is C20H28N4O. The van der Waals surface area contributed by atoms with Crippen molar-refractivity contribution < 1.29 is 4.74 Å². The van der Waals surface area contributed by atoms with Crippen molar-refractivity contribution in [2.24, 2.45) is 12.0 Å². The number of ether oxygens (including phenoxy) is 1. The summed E-state index contributed by atoms with van der Waals surface area (Å²) in [5, 5.41) is 3.43. The van der Waals surface area contributed by atoms with Crippen LogP contribution in [0.3, 0.4) is 0 Å². The highest BCUT2D eigenvalue weighted by Gasteiger charge is 2.25. The number of rotatable bonds is 4. The summed E-state index contributed by atoms with van der Waals surface area (Å²) in [6.45, 7) is 8.21. The SMILES string of the molecule is CCNC(=NCc1ccn(C)c1)N1CCOC(c2ccccc2C)C1. The van der Waals surface area contributed by atoms with E-state index in [0.717, 1.165) is 32.2 Å². The number of nitrogens with zero attached hydrogens (tertiary/aromatic N) is 3. The molecule has 1 N–H and O–H groups in total. The molecule has 2 aromatic rings. The van der Waals surface area contributed by atoms with Crippen LogP contribution in [0.15, 0.2) is 47.7 Å². The Kier molecular flexibility index (Phi) is 5.76. The third-order valence-electron chi connectivity index (χ3n) is 4.54. The van der Waals surface area contributed by atoms with Gasteiger partial charge in [0.05, 0.1) is 19.7 Å². The first-order chi connectivity index (χ1) is 12.2. The maximum atomic E-state index is 6.04. The third kappa shape index (κ3) is 4.42. The van der Waals surface area contributed by atoms with Crippen molar-refractivity contribution in [1.82, 2.24) is 14.8 Å². The fourth-order valence-corrected chi connectivity index (χ4v) is 3.22. The number of nitrogens with one attached hydrogen (secondary N) is 1. The van der Waals surface area contributed by atoms with E-state index in [1.807, 2.05) is 7.05 Å². The maximum Gasteiger partial charge on any atom is 0.194 e. The van der Waals surface area contributed by atoms with Gasteiger partial charge >= 0.3 is 0 Å². The molecule has 1 aliphatic rings. The monoisotopic (exact) mass is 340 g/mol. The minimum absolute atomic E-state index is 0.0931. The first-order valence-electron chi connectivity index (χ1n) is 8.98. The van der Waals surface area contributed by atoms with Crippen LogP contribution in [0, 0.1) is 6.92 Å². The molecule has 134 valence electrons. The molecular weight excluding hydrogens is 312 g/mol. The summed E-state index contributed by atoms with van der Waals surface area (Å²) in [5.41, 5.74) is 3.77. The average molecular weight is 340 g/mol. The van der Waals surface area contributed by atoms with Crippen LogP contribution in [-0.2, 0) is 18.3 Å². The molecule has 0 aliphatic carbocycles. The molecule has 0 bridgehead atoms. The Balaban J connectivity index is 1.73. The smallest absolute Gasteiger partial charge is 0.194 e. The second kappa shape index (κ2) is 8.21. The molecule has 5 heteroatoms. The van der Waals surface area contributed by atoms with Crippen LogP contribution in [0.5, 0.6) is 0 Å². The standard InChI is InChI=1S/C20H28N4O/c1-4-21-20(22-13-17-9-10-23(3)14-17)24-11-12-25-19(15-24)18-8-6-5-7-16(18)2/h5-10,14,19H,4,11-13,15H2,1-3H3,(H,21,22). The van der Waals surface area contributed by atoms with Crippen molar-refractivity contribution in [3.63, 3.8) is 0 Å². The van der Waals surface area contributed by atoms with Gasteiger partial charge in [-0.1, -0.05) is 24.3 Å². The Labute approximate surface area is 150 Å². The van der Waals surface area contributed by atoms with E-state index in [0.29, 0.717) is 6.54 Å². The lowest BCUT2D eigenvalue weighted by molar-refractivity contribution is -0.00834. The topological polar surface area (TPSA) is 41.8 Å². The van der Waals surface area contributed by atoms with E-state index in [1.165, 1.54) is 16.7 Å². The molecule has 25 heavy (non-hydrogen) atoms. The molecule has 2 heterocycles. The van der Waals surface area contributed by atoms with Crippen LogP contribution in [0.4, 0.5) is 0 Å². The predicted octanol–water partition coefficient (Wildman–Crippen LogP) is 2.87. The molecule has 1 aliphatic heterocycles. The Bertz CT molecular complexity index is 722. The quantitative estimate of drug-likeness (QED) is 0.687. The van der Waals surface area contributed by atoms with Gasteiger partial charge in [-0.2, -0.15) is 0 Å².